The van der Waals surface area contributed by atoms with Gasteiger partial charge in [-0.2, -0.15) is 0 Å². The number of phosphoric acid groups is 1. The molecule has 10 heteroatoms. The van der Waals surface area contributed by atoms with Gasteiger partial charge in [0.05, 0.1) is 27.7 Å². The average molecular weight is 1110 g/mol. The van der Waals surface area contributed by atoms with Gasteiger partial charge >= 0.3 is 11.9 Å². The lowest BCUT2D eigenvalue weighted by Crippen LogP contribution is -2.37. The van der Waals surface area contributed by atoms with E-state index in [1.54, 1.807) is 0 Å². The van der Waals surface area contributed by atoms with E-state index >= 15 is 0 Å². The molecule has 2 atom stereocenters. The zero-order valence-corrected chi connectivity index (χ0v) is 51.5. The van der Waals surface area contributed by atoms with Crippen molar-refractivity contribution in [3.05, 3.63) is 122 Å². The molecule has 0 aromatic rings. The van der Waals surface area contributed by atoms with Gasteiger partial charge in [-0.25, -0.2) is 0 Å². The maximum atomic E-state index is 12.8. The number of quaternary nitrogens is 1. The fourth-order valence-corrected chi connectivity index (χ4v) is 8.90. The highest BCUT2D eigenvalue weighted by molar-refractivity contribution is 7.45. The van der Waals surface area contributed by atoms with Crippen molar-refractivity contribution >= 4 is 19.8 Å². The van der Waals surface area contributed by atoms with Crippen LogP contribution in [-0.4, -0.2) is 70.0 Å². The smallest absolute Gasteiger partial charge is 0.306 e. The number of esters is 2. The molecule has 0 heterocycles. The molecule has 78 heavy (non-hydrogen) atoms. The van der Waals surface area contributed by atoms with Crippen LogP contribution >= 0.6 is 7.82 Å². The number of likely N-dealkylation sites (N-methyl/N-ethyl adjacent to an activating group) is 1. The van der Waals surface area contributed by atoms with E-state index in [9.17, 15) is 19.0 Å². The molecule has 0 fully saturated rings. The first-order valence-electron chi connectivity index (χ1n) is 31.2. The summed E-state index contributed by atoms with van der Waals surface area (Å²) in [5.41, 5.74) is 0. The van der Waals surface area contributed by atoms with Crippen LogP contribution in [0, 0.1) is 0 Å². The van der Waals surface area contributed by atoms with Crippen molar-refractivity contribution in [3.63, 3.8) is 0 Å². The Balaban J connectivity index is 4.25. The van der Waals surface area contributed by atoms with Crippen molar-refractivity contribution < 1.29 is 42.1 Å². The van der Waals surface area contributed by atoms with Crippen LogP contribution in [0.4, 0.5) is 0 Å². The molecule has 446 valence electrons. The predicted molar refractivity (Wildman–Crippen MR) is 332 cm³/mol. The van der Waals surface area contributed by atoms with Crippen LogP contribution in [0.1, 0.15) is 245 Å². The first-order chi connectivity index (χ1) is 38.0. The Hall–Kier alpha value is -3.59. The summed E-state index contributed by atoms with van der Waals surface area (Å²) in [5.74, 6) is -0.877. The summed E-state index contributed by atoms with van der Waals surface area (Å²) >= 11 is 0. The summed E-state index contributed by atoms with van der Waals surface area (Å²) in [5, 5.41) is 0. The number of hydrogen-bond donors (Lipinski definition) is 0. The second-order valence-electron chi connectivity index (χ2n) is 21.7. The lowest BCUT2D eigenvalue weighted by atomic mass is 10.0. The van der Waals surface area contributed by atoms with E-state index in [0.717, 1.165) is 96.3 Å². The summed E-state index contributed by atoms with van der Waals surface area (Å²) in [6, 6.07) is 0. The molecule has 0 aliphatic carbocycles. The molecule has 0 N–H and O–H groups in total. The van der Waals surface area contributed by atoms with Crippen LogP contribution in [-0.2, 0) is 32.7 Å². The molecule has 0 bridgehead atoms. The highest BCUT2D eigenvalue weighted by Crippen LogP contribution is 2.38. The molecule has 0 saturated carbocycles. The van der Waals surface area contributed by atoms with Crippen molar-refractivity contribution in [2.75, 3.05) is 47.5 Å². The zero-order chi connectivity index (χ0) is 57.0. The molecule has 2 unspecified atom stereocenters. The van der Waals surface area contributed by atoms with Crippen molar-refractivity contribution in [1.29, 1.82) is 0 Å². The lowest BCUT2D eigenvalue weighted by molar-refractivity contribution is -0.870. The van der Waals surface area contributed by atoms with Crippen molar-refractivity contribution in [1.82, 2.24) is 0 Å². The highest BCUT2D eigenvalue weighted by Gasteiger charge is 2.22. The molecular weight excluding hydrogens is 990 g/mol. The Bertz CT molecular complexity index is 1730. The molecule has 0 aromatic heterocycles. The SMILES string of the molecule is CC/C=C\C/C=C\C/C=C\C/C=C\C/C=C\C/C=C\C/C=C\C/C=C\C/C=C\CCCCCC(=O)OC(COC(=O)CCCCCCCCCCCCC/C=C\CCCCCCCCCC)COP(=O)([O-])OCC[N+](C)(C)C. The van der Waals surface area contributed by atoms with Crippen LogP contribution < -0.4 is 4.89 Å². The monoisotopic (exact) mass is 1110 g/mol. The van der Waals surface area contributed by atoms with E-state index in [2.05, 4.69) is 135 Å². The van der Waals surface area contributed by atoms with Crippen molar-refractivity contribution in [2.45, 2.75) is 251 Å². The Morgan fingerprint density at radius 1 is 0.410 bits per heavy atom. The molecule has 0 aliphatic rings. The second kappa shape index (κ2) is 58.1. The number of carbonyl (C=O) groups excluding carboxylic acids is 2. The minimum atomic E-state index is -4.66. The number of unbranched alkanes of at least 4 members (excludes halogenated alkanes) is 22. The third-order valence-electron chi connectivity index (χ3n) is 13.0. The topological polar surface area (TPSA) is 111 Å². The van der Waals surface area contributed by atoms with Gasteiger partial charge in [-0.3, -0.25) is 14.2 Å². The number of carbonyl (C=O) groups is 2. The van der Waals surface area contributed by atoms with Crippen LogP contribution in [0.5, 0.6) is 0 Å². The first kappa shape index (κ1) is 74.4. The molecule has 0 radical (unpaired) electrons. The zero-order valence-electron chi connectivity index (χ0n) is 50.6. The normalized spacial score (nSPS) is 14.1. The van der Waals surface area contributed by atoms with Crippen LogP contribution in [0.2, 0.25) is 0 Å². The van der Waals surface area contributed by atoms with Gasteiger partial charge in [0.2, 0.25) is 0 Å². The summed E-state index contributed by atoms with van der Waals surface area (Å²) in [6.45, 7) is 4.09. The molecule has 0 saturated heterocycles. The molecule has 0 aliphatic heterocycles. The molecule has 0 rings (SSSR count). The van der Waals surface area contributed by atoms with E-state index in [-0.39, 0.29) is 26.1 Å². The van der Waals surface area contributed by atoms with Gasteiger partial charge in [-0.05, 0) is 109 Å². The Morgan fingerprint density at radius 2 is 0.731 bits per heavy atom. The van der Waals surface area contributed by atoms with Crippen LogP contribution in [0.25, 0.3) is 0 Å². The van der Waals surface area contributed by atoms with Crippen molar-refractivity contribution in [2.24, 2.45) is 0 Å². The van der Waals surface area contributed by atoms with Crippen LogP contribution in [0.3, 0.4) is 0 Å². The second-order valence-corrected chi connectivity index (χ2v) is 23.1. The number of ether oxygens (including phenoxy) is 2. The van der Waals surface area contributed by atoms with Crippen LogP contribution in [0.15, 0.2) is 122 Å². The van der Waals surface area contributed by atoms with E-state index in [0.29, 0.717) is 17.4 Å². The number of phosphoric ester groups is 1. The summed E-state index contributed by atoms with van der Waals surface area (Å²) in [7, 11) is 1.13. The van der Waals surface area contributed by atoms with E-state index in [1.165, 1.54) is 116 Å². The quantitative estimate of drug-likeness (QED) is 0.0195. The maximum absolute atomic E-state index is 12.8. The standard InChI is InChI=1S/C68H116NO8P/c1-6-8-10-12-14-16-18-20-22-24-26-28-30-31-32-33-34-35-36-37-39-41-43-45-47-49-51-53-55-57-59-61-68(71)77-66(65-76-78(72,73)75-63-62-69(3,4)5)64-74-67(70)60-58-56-54-52-50-48-46-44-42-40-38-29-27-25-23-21-19-17-15-13-11-9-7-2/h8,10,14,16,20,22,25-28,31-32,34-35,37,39,43,45,49,51,66H,6-7,9,11-13,15,17-19,21,23-24,29-30,33,36,38,40-42,44,46-48,50,52-65H2,1-5H3/b10-8-,16-14-,22-20-,27-25-,28-26-,32-31-,35-34-,39-37-,45-43-,51-49-. The number of nitrogens with zero attached hydrogens (tertiary/aromatic N) is 1. The number of allylic oxidation sites excluding steroid dienone is 20. The van der Waals surface area contributed by atoms with Crippen molar-refractivity contribution in [3.8, 4) is 0 Å². The lowest BCUT2D eigenvalue weighted by Gasteiger charge is -2.28. The van der Waals surface area contributed by atoms with Gasteiger partial charge < -0.3 is 27.9 Å². The minimum Gasteiger partial charge on any atom is -0.756 e. The number of rotatable bonds is 56. The number of hydrogen-bond acceptors (Lipinski definition) is 8. The van der Waals surface area contributed by atoms with E-state index in [4.69, 9.17) is 18.5 Å². The molecule has 9 nitrogen and oxygen atoms in total. The first-order valence-corrected chi connectivity index (χ1v) is 32.7. The van der Waals surface area contributed by atoms with Gasteiger partial charge in [-0.15, -0.1) is 0 Å². The summed E-state index contributed by atoms with van der Waals surface area (Å²) in [4.78, 5) is 37.9. The van der Waals surface area contributed by atoms with E-state index < -0.39 is 32.5 Å². The fourth-order valence-electron chi connectivity index (χ4n) is 8.17. The van der Waals surface area contributed by atoms with Gasteiger partial charge in [0, 0.05) is 12.8 Å². The van der Waals surface area contributed by atoms with Gasteiger partial charge in [-0.1, -0.05) is 245 Å². The third-order valence-corrected chi connectivity index (χ3v) is 13.9. The molecule has 0 spiro atoms. The van der Waals surface area contributed by atoms with Gasteiger partial charge in [0.15, 0.2) is 6.10 Å². The Morgan fingerprint density at radius 3 is 1.12 bits per heavy atom. The van der Waals surface area contributed by atoms with Gasteiger partial charge in [0.25, 0.3) is 7.82 Å². The minimum absolute atomic E-state index is 0.0439. The highest BCUT2D eigenvalue weighted by atomic mass is 31.2. The Kier molecular flexibility index (Phi) is 55.4. The summed E-state index contributed by atoms with van der Waals surface area (Å²) < 4.78 is 34.2. The fraction of sp³-hybridized carbons (Fsp3) is 0.676. The molecular formula is C68H116NO8P. The molecule has 0 amide bonds. The maximum Gasteiger partial charge on any atom is 0.306 e. The van der Waals surface area contributed by atoms with Gasteiger partial charge in [0.1, 0.15) is 19.8 Å². The summed E-state index contributed by atoms with van der Waals surface area (Å²) in [6.07, 6.45) is 82.5. The third kappa shape index (κ3) is 61.6. The van der Waals surface area contributed by atoms with E-state index in [1.807, 2.05) is 21.1 Å². The Labute approximate surface area is 479 Å². The largest absolute Gasteiger partial charge is 0.756 e. The molecule has 0 aromatic carbocycles. The average Bonchev–Trinajstić information content (AvgIpc) is 3.40. The predicted octanol–water partition coefficient (Wildman–Crippen LogP) is 19.3.